The molecular formula is C10H11N3O. The fraction of sp³-hybridized carbons (Fsp3) is 0.300. The van der Waals surface area contributed by atoms with Gasteiger partial charge in [-0.2, -0.15) is 0 Å². The predicted octanol–water partition coefficient (Wildman–Crippen LogP) is 2.67. The number of nitrogens with zero attached hydrogens (tertiary/aromatic N) is 3. The first-order valence-corrected chi connectivity index (χ1v) is 4.59. The Morgan fingerprint density at radius 3 is 2.57 bits per heavy atom. The minimum atomic E-state index is 0.238. The molecule has 1 aliphatic rings. The number of aromatic hydroxyl groups is 1. The number of amidine groups is 1. The highest BCUT2D eigenvalue weighted by atomic mass is 16.3. The van der Waals surface area contributed by atoms with Gasteiger partial charge in [-0.1, -0.05) is 0 Å². The Bertz CT molecular complexity index is 367. The molecule has 2 rings (SSSR count). The number of hydrogen-bond acceptors (Lipinski definition) is 4. The molecule has 1 aromatic carbocycles. The average Bonchev–Trinajstić information content (AvgIpc) is 2.70. The molecule has 4 nitrogen and oxygen atoms in total. The van der Waals surface area contributed by atoms with Crippen molar-refractivity contribution >= 4 is 11.5 Å². The molecule has 0 atom stereocenters. The first kappa shape index (κ1) is 8.87. The van der Waals surface area contributed by atoms with Crippen LogP contribution in [0.15, 0.2) is 39.5 Å². The molecule has 0 unspecified atom stereocenters. The van der Waals surface area contributed by atoms with Crippen LogP contribution in [-0.2, 0) is 0 Å². The summed E-state index contributed by atoms with van der Waals surface area (Å²) < 4.78 is 0. The van der Waals surface area contributed by atoms with E-state index >= 15 is 0 Å². The highest BCUT2D eigenvalue weighted by molar-refractivity contribution is 5.84. The van der Waals surface area contributed by atoms with Crippen LogP contribution in [0.2, 0.25) is 0 Å². The summed E-state index contributed by atoms with van der Waals surface area (Å²) in [6.07, 6.45) is 1.99. The highest BCUT2D eigenvalue weighted by Gasteiger charge is 2.03. The molecule has 1 heterocycles. The van der Waals surface area contributed by atoms with E-state index in [2.05, 4.69) is 15.2 Å². The molecule has 4 heteroatoms. The van der Waals surface area contributed by atoms with E-state index in [4.69, 9.17) is 5.11 Å². The first-order valence-electron chi connectivity index (χ1n) is 4.59. The van der Waals surface area contributed by atoms with E-state index in [0.29, 0.717) is 0 Å². The Kier molecular flexibility index (Phi) is 2.53. The van der Waals surface area contributed by atoms with Gasteiger partial charge in [0.15, 0.2) is 0 Å². The third-order valence-corrected chi connectivity index (χ3v) is 1.98. The summed E-state index contributed by atoms with van der Waals surface area (Å²) in [5, 5.41) is 17.1. The first-order chi connectivity index (χ1) is 6.84. The summed E-state index contributed by atoms with van der Waals surface area (Å²) in [4.78, 5) is 4.18. The van der Waals surface area contributed by atoms with Crippen molar-refractivity contribution in [2.24, 2.45) is 15.2 Å². The van der Waals surface area contributed by atoms with Gasteiger partial charge in [0, 0.05) is 13.0 Å². The molecule has 72 valence electrons. The fourth-order valence-electron chi connectivity index (χ4n) is 1.24. The summed E-state index contributed by atoms with van der Waals surface area (Å²) in [5.74, 6) is 1.06. The Hall–Kier alpha value is -1.71. The number of phenols is 1. The number of phenolic OH excluding ortho intramolecular Hbond substituents is 1. The molecule has 0 fully saturated rings. The van der Waals surface area contributed by atoms with E-state index in [9.17, 15) is 0 Å². The predicted molar refractivity (Wildman–Crippen MR) is 54.2 cm³/mol. The van der Waals surface area contributed by atoms with Crippen LogP contribution in [-0.4, -0.2) is 17.5 Å². The van der Waals surface area contributed by atoms with E-state index < -0.39 is 0 Å². The number of aliphatic imine (C=N–C) groups is 1. The van der Waals surface area contributed by atoms with Crippen molar-refractivity contribution in [1.82, 2.24) is 0 Å². The lowest BCUT2D eigenvalue weighted by Gasteiger charge is -1.92. The number of hydrogen-bond donors (Lipinski definition) is 1. The Labute approximate surface area is 82.0 Å². The highest BCUT2D eigenvalue weighted by Crippen LogP contribution is 2.17. The van der Waals surface area contributed by atoms with Crippen LogP contribution in [0.25, 0.3) is 0 Å². The molecule has 0 radical (unpaired) electrons. The van der Waals surface area contributed by atoms with Crippen LogP contribution in [0.3, 0.4) is 0 Å². The van der Waals surface area contributed by atoms with E-state index in [1.807, 2.05) is 0 Å². The summed E-state index contributed by atoms with van der Waals surface area (Å²) >= 11 is 0. The van der Waals surface area contributed by atoms with Gasteiger partial charge in [0.1, 0.15) is 11.6 Å². The van der Waals surface area contributed by atoms with Gasteiger partial charge in [0.25, 0.3) is 0 Å². The monoisotopic (exact) mass is 189 g/mol. The third-order valence-electron chi connectivity index (χ3n) is 1.98. The average molecular weight is 189 g/mol. The van der Waals surface area contributed by atoms with Crippen LogP contribution in [0, 0.1) is 0 Å². The molecule has 1 aromatic rings. The van der Waals surface area contributed by atoms with Gasteiger partial charge in [-0.3, -0.25) is 4.99 Å². The van der Waals surface area contributed by atoms with Crippen molar-refractivity contribution in [2.45, 2.75) is 12.8 Å². The van der Waals surface area contributed by atoms with Gasteiger partial charge in [-0.05, 0) is 30.7 Å². The molecule has 0 amide bonds. The largest absolute Gasteiger partial charge is 0.508 e. The molecule has 0 saturated carbocycles. The normalized spacial score (nSPS) is 16.1. The van der Waals surface area contributed by atoms with Crippen LogP contribution >= 0.6 is 0 Å². The van der Waals surface area contributed by atoms with Gasteiger partial charge >= 0.3 is 0 Å². The zero-order valence-corrected chi connectivity index (χ0v) is 7.72. The third kappa shape index (κ3) is 2.16. The standard InChI is InChI=1S/C10H11N3O/c14-9-5-3-8(4-6-9)12-13-10-2-1-7-11-10/h3-6,14H,1-2,7H2. The van der Waals surface area contributed by atoms with Crippen molar-refractivity contribution < 1.29 is 5.11 Å². The molecular weight excluding hydrogens is 178 g/mol. The second-order valence-electron chi connectivity index (χ2n) is 3.12. The molecule has 0 aliphatic carbocycles. The lowest BCUT2D eigenvalue weighted by Crippen LogP contribution is -1.83. The maximum absolute atomic E-state index is 9.04. The maximum atomic E-state index is 9.04. The van der Waals surface area contributed by atoms with Crippen LogP contribution in [0.5, 0.6) is 5.75 Å². The van der Waals surface area contributed by atoms with Gasteiger partial charge < -0.3 is 5.11 Å². The van der Waals surface area contributed by atoms with Crippen LogP contribution in [0.1, 0.15) is 12.8 Å². The molecule has 1 aliphatic heterocycles. The fourth-order valence-corrected chi connectivity index (χ4v) is 1.24. The van der Waals surface area contributed by atoms with Crippen molar-refractivity contribution in [3.63, 3.8) is 0 Å². The Balaban J connectivity index is 2.06. The smallest absolute Gasteiger partial charge is 0.146 e. The van der Waals surface area contributed by atoms with E-state index in [1.165, 1.54) is 0 Å². The van der Waals surface area contributed by atoms with Gasteiger partial charge in [-0.15, -0.1) is 10.2 Å². The van der Waals surface area contributed by atoms with E-state index in [0.717, 1.165) is 30.9 Å². The summed E-state index contributed by atoms with van der Waals surface area (Å²) in [7, 11) is 0. The minimum absolute atomic E-state index is 0.238. The summed E-state index contributed by atoms with van der Waals surface area (Å²) in [6.45, 7) is 0.865. The van der Waals surface area contributed by atoms with Crippen molar-refractivity contribution in [3.05, 3.63) is 24.3 Å². The van der Waals surface area contributed by atoms with Gasteiger partial charge in [0.05, 0.1) is 5.69 Å². The molecule has 1 N–H and O–H groups in total. The van der Waals surface area contributed by atoms with E-state index in [-0.39, 0.29) is 5.75 Å². The lowest BCUT2D eigenvalue weighted by atomic mass is 10.3. The Morgan fingerprint density at radius 1 is 1.14 bits per heavy atom. The van der Waals surface area contributed by atoms with Gasteiger partial charge in [0.2, 0.25) is 0 Å². The van der Waals surface area contributed by atoms with Crippen molar-refractivity contribution in [1.29, 1.82) is 0 Å². The molecule has 0 spiro atoms. The second kappa shape index (κ2) is 4.00. The summed E-state index contributed by atoms with van der Waals surface area (Å²) in [6, 6.07) is 6.61. The van der Waals surface area contributed by atoms with Crippen molar-refractivity contribution in [2.75, 3.05) is 6.54 Å². The molecule has 0 bridgehead atoms. The Morgan fingerprint density at radius 2 is 1.93 bits per heavy atom. The molecule has 0 aromatic heterocycles. The SMILES string of the molecule is Oc1ccc(N=NC2=NCCC2)cc1. The second-order valence-corrected chi connectivity index (χ2v) is 3.12. The quantitative estimate of drug-likeness (QED) is 0.678. The lowest BCUT2D eigenvalue weighted by molar-refractivity contribution is 0.475. The maximum Gasteiger partial charge on any atom is 0.146 e. The number of benzene rings is 1. The van der Waals surface area contributed by atoms with Crippen LogP contribution in [0.4, 0.5) is 5.69 Å². The van der Waals surface area contributed by atoms with Crippen LogP contribution < -0.4 is 0 Å². The van der Waals surface area contributed by atoms with Crippen molar-refractivity contribution in [3.8, 4) is 5.75 Å². The zero-order valence-electron chi connectivity index (χ0n) is 7.72. The molecule has 14 heavy (non-hydrogen) atoms. The number of azo groups is 1. The number of rotatable bonds is 1. The minimum Gasteiger partial charge on any atom is -0.508 e. The van der Waals surface area contributed by atoms with E-state index in [1.54, 1.807) is 24.3 Å². The molecule has 0 saturated heterocycles. The van der Waals surface area contributed by atoms with Gasteiger partial charge in [-0.25, -0.2) is 0 Å². The summed E-state index contributed by atoms with van der Waals surface area (Å²) in [5.41, 5.74) is 0.734. The topological polar surface area (TPSA) is 57.3 Å². The zero-order chi connectivity index (χ0) is 9.80.